The van der Waals surface area contributed by atoms with Gasteiger partial charge in [-0.3, -0.25) is 0 Å². The summed E-state index contributed by atoms with van der Waals surface area (Å²) in [6, 6.07) is 5.14. The highest BCUT2D eigenvalue weighted by Crippen LogP contribution is 2.34. The molecule has 0 radical (unpaired) electrons. The standard InChI is InChI=1S/C13H15F3N2O/c1-2-5-18(6-7-19)11-4-3-10(9-17)12(8-11)13(14,15)16/h3-4,8,19H,2,5-7H2,1H3. The van der Waals surface area contributed by atoms with Gasteiger partial charge in [0.1, 0.15) is 0 Å². The number of rotatable bonds is 5. The van der Waals surface area contributed by atoms with Gasteiger partial charge < -0.3 is 10.0 Å². The third kappa shape index (κ3) is 3.86. The van der Waals surface area contributed by atoms with E-state index in [1.54, 1.807) is 11.0 Å². The maximum absolute atomic E-state index is 12.8. The number of alkyl halides is 3. The van der Waals surface area contributed by atoms with Gasteiger partial charge >= 0.3 is 6.18 Å². The van der Waals surface area contributed by atoms with Crippen molar-refractivity contribution in [3.05, 3.63) is 29.3 Å². The molecule has 0 spiro atoms. The molecule has 1 rings (SSSR count). The summed E-state index contributed by atoms with van der Waals surface area (Å²) in [6.45, 7) is 2.57. The van der Waals surface area contributed by atoms with E-state index in [-0.39, 0.29) is 13.2 Å². The molecule has 0 fully saturated rings. The van der Waals surface area contributed by atoms with Crippen LogP contribution in [0.1, 0.15) is 24.5 Å². The first-order valence-electron chi connectivity index (χ1n) is 5.91. The van der Waals surface area contributed by atoms with Crippen LogP contribution in [0.2, 0.25) is 0 Å². The SMILES string of the molecule is CCCN(CCO)c1ccc(C#N)c(C(F)(F)F)c1. The maximum atomic E-state index is 12.8. The van der Waals surface area contributed by atoms with Crippen LogP contribution >= 0.6 is 0 Å². The first-order chi connectivity index (χ1) is 8.93. The number of nitriles is 1. The van der Waals surface area contributed by atoms with Gasteiger partial charge in [-0.25, -0.2) is 0 Å². The van der Waals surface area contributed by atoms with Gasteiger partial charge in [0.15, 0.2) is 0 Å². The summed E-state index contributed by atoms with van der Waals surface area (Å²) in [5.74, 6) is 0. The smallest absolute Gasteiger partial charge is 0.395 e. The average Bonchev–Trinajstić information content (AvgIpc) is 2.37. The van der Waals surface area contributed by atoms with Gasteiger partial charge in [-0.05, 0) is 24.6 Å². The fourth-order valence-corrected chi connectivity index (χ4v) is 1.82. The Morgan fingerprint density at radius 2 is 2.00 bits per heavy atom. The van der Waals surface area contributed by atoms with Gasteiger partial charge in [-0.1, -0.05) is 6.92 Å². The molecular weight excluding hydrogens is 257 g/mol. The number of halogens is 3. The second kappa shape index (κ2) is 6.43. The van der Waals surface area contributed by atoms with Crippen LogP contribution in [0.5, 0.6) is 0 Å². The van der Waals surface area contributed by atoms with E-state index in [1.807, 2.05) is 6.92 Å². The van der Waals surface area contributed by atoms with Gasteiger partial charge in [0.05, 0.1) is 23.8 Å². The van der Waals surface area contributed by atoms with Crippen molar-refractivity contribution in [2.75, 3.05) is 24.6 Å². The molecule has 0 unspecified atom stereocenters. The first kappa shape index (κ1) is 15.3. The van der Waals surface area contributed by atoms with Crippen molar-refractivity contribution in [1.82, 2.24) is 0 Å². The molecule has 1 aromatic carbocycles. The second-order valence-corrected chi connectivity index (χ2v) is 4.05. The van der Waals surface area contributed by atoms with Crippen LogP contribution in [0.4, 0.5) is 18.9 Å². The third-order valence-electron chi connectivity index (χ3n) is 2.66. The van der Waals surface area contributed by atoms with Crippen LogP contribution in [-0.2, 0) is 6.18 Å². The Labute approximate surface area is 109 Å². The predicted octanol–water partition coefficient (Wildman–Crippen LogP) is 2.79. The minimum Gasteiger partial charge on any atom is -0.395 e. The summed E-state index contributed by atoms with van der Waals surface area (Å²) in [4.78, 5) is 1.66. The number of aliphatic hydroxyl groups excluding tert-OH is 1. The normalized spacial score (nSPS) is 11.2. The van der Waals surface area contributed by atoms with Crippen LogP contribution in [-0.4, -0.2) is 24.8 Å². The maximum Gasteiger partial charge on any atom is 0.417 e. The summed E-state index contributed by atoms with van der Waals surface area (Å²) in [7, 11) is 0. The van der Waals surface area contributed by atoms with Crippen LogP contribution < -0.4 is 4.90 Å². The molecule has 1 aromatic rings. The van der Waals surface area contributed by atoms with E-state index in [0.29, 0.717) is 12.2 Å². The Balaban J connectivity index is 3.20. The van der Waals surface area contributed by atoms with Gasteiger partial charge in [-0.2, -0.15) is 18.4 Å². The van der Waals surface area contributed by atoms with Crippen LogP contribution in [0.15, 0.2) is 18.2 Å². The molecular formula is C13H15F3N2O. The van der Waals surface area contributed by atoms with Crippen LogP contribution in [0.25, 0.3) is 0 Å². The molecule has 0 saturated carbocycles. The van der Waals surface area contributed by atoms with Crippen molar-refractivity contribution in [2.45, 2.75) is 19.5 Å². The zero-order valence-electron chi connectivity index (χ0n) is 10.5. The molecule has 0 amide bonds. The van der Waals surface area contributed by atoms with Gasteiger partial charge in [0.2, 0.25) is 0 Å². The predicted molar refractivity (Wildman–Crippen MR) is 65.7 cm³/mol. The highest BCUT2D eigenvalue weighted by atomic mass is 19.4. The number of nitrogens with zero attached hydrogens (tertiary/aromatic N) is 2. The van der Waals surface area contributed by atoms with E-state index in [9.17, 15) is 13.2 Å². The monoisotopic (exact) mass is 272 g/mol. The van der Waals surface area contributed by atoms with E-state index < -0.39 is 17.3 Å². The molecule has 0 heterocycles. The van der Waals surface area contributed by atoms with Crippen molar-refractivity contribution >= 4 is 5.69 Å². The highest BCUT2D eigenvalue weighted by Gasteiger charge is 2.34. The lowest BCUT2D eigenvalue weighted by atomic mass is 10.1. The van der Waals surface area contributed by atoms with E-state index in [0.717, 1.165) is 18.6 Å². The molecule has 0 aliphatic heterocycles. The number of aliphatic hydroxyl groups is 1. The first-order valence-corrected chi connectivity index (χ1v) is 5.91. The summed E-state index contributed by atoms with van der Waals surface area (Å²) in [6.07, 6.45) is -3.81. The van der Waals surface area contributed by atoms with Crippen LogP contribution in [0.3, 0.4) is 0 Å². The minimum absolute atomic E-state index is 0.138. The topological polar surface area (TPSA) is 47.3 Å². The van der Waals surface area contributed by atoms with Crippen molar-refractivity contribution in [1.29, 1.82) is 5.26 Å². The van der Waals surface area contributed by atoms with Gasteiger partial charge in [0, 0.05) is 18.8 Å². The summed E-state index contributed by atoms with van der Waals surface area (Å²) >= 11 is 0. The quantitative estimate of drug-likeness (QED) is 0.896. The number of hydrogen-bond acceptors (Lipinski definition) is 3. The molecule has 0 aromatic heterocycles. The lowest BCUT2D eigenvalue weighted by Gasteiger charge is -2.24. The number of benzene rings is 1. The second-order valence-electron chi connectivity index (χ2n) is 4.05. The van der Waals surface area contributed by atoms with Crippen LogP contribution in [0, 0.1) is 11.3 Å². The zero-order valence-corrected chi connectivity index (χ0v) is 10.5. The van der Waals surface area contributed by atoms with E-state index >= 15 is 0 Å². The number of anilines is 1. The number of hydrogen-bond donors (Lipinski definition) is 1. The molecule has 0 aliphatic carbocycles. The molecule has 6 heteroatoms. The van der Waals surface area contributed by atoms with Gasteiger partial charge in [0.25, 0.3) is 0 Å². The van der Waals surface area contributed by atoms with Crippen molar-refractivity contribution in [3.8, 4) is 6.07 Å². The lowest BCUT2D eigenvalue weighted by molar-refractivity contribution is -0.137. The van der Waals surface area contributed by atoms with E-state index in [4.69, 9.17) is 10.4 Å². The molecule has 19 heavy (non-hydrogen) atoms. The largest absolute Gasteiger partial charge is 0.417 e. The van der Waals surface area contributed by atoms with Gasteiger partial charge in [-0.15, -0.1) is 0 Å². The molecule has 0 bridgehead atoms. The van der Waals surface area contributed by atoms with E-state index in [2.05, 4.69) is 0 Å². The van der Waals surface area contributed by atoms with E-state index in [1.165, 1.54) is 6.07 Å². The fourth-order valence-electron chi connectivity index (χ4n) is 1.82. The van der Waals surface area contributed by atoms with Crippen molar-refractivity contribution < 1.29 is 18.3 Å². The molecule has 0 atom stereocenters. The summed E-state index contributed by atoms with van der Waals surface area (Å²) < 4.78 is 38.5. The summed E-state index contributed by atoms with van der Waals surface area (Å²) in [5.41, 5.74) is -0.967. The highest BCUT2D eigenvalue weighted by molar-refractivity contribution is 5.54. The Hall–Kier alpha value is -1.74. The Morgan fingerprint density at radius 1 is 1.32 bits per heavy atom. The average molecular weight is 272 g/mol. The molecule has 0 saturated heterocycles. The molecule has 104 valence electrons. The Kier molecular flexibility index (Phi) is 5.19. The van der Waals surface area contributed by atoms with Crippen molar-refractivity contribution in [3.63, 3.8) is 0 Å². The fraction of sp³-hybridized carbons (Fsp3) is 0.462. The Bertz CT molecular complexity index is 460. The molecule has 3 nitrogen and oxygen atoms in total. The Morgan fingerprint density at radius 3 is 2.47 bits per heavy atom. The molecule has 1 N–H and O–H groups in total. The minimum atomic E-state index is -4.56. The third-order valence-corrected chi connectivity index (χ3v) is 2.66. The zero-order chi connectivity index (χ0) is 14.5. The lowest BCUT2D eigenvalue weighted by Crippen LogP contribution is -2.27. The van der Waals surface area contributed by atoms with Crippen molar-refractivity contribution in [2.24, 2.45) is 0 Å². The summed E-state index contributed by atoms with van der Waals surface area (Å²) in [5, 5.41) is 17.7. The molecule has 0 aliphatic rings.